The molecule has 0 aromatic rings. The lowest BCUT2D eigenvalue weighted by atomic mass is 9.41. The van der Waals surface area contributed by atoms with Crippen LogP contribution in [0.25, 0.3) is 0 Å². The van der Waals surface area contributed by atoms with Crippen molar-refractivity contribution < 1.29 is 19.4 Å². The zero-order chi connectivity index (χ0) is 21.3. The number of hydrogen-bond donors (Lipinski definition) is 1. The molecule has 1 aliphatic heterocycles. The maximum absolute atomic E-state index is 12.4. The van der Waals surface area contributed by atoms with E-state index < -0.39 is 0 Å². The maximum Gasteiger partial charge on any atom is 0.160 e. The second-order valence-corrected chi connectivity index (χ2v) is 11.9. The van der Waals surface area contributed by atoms with Crippen LogP contribution in [0.5, 0.6) is 0 Å². The lowest BCUT2D eigenvalue weighted by Crippen LogP contribution is -2.62. The van der Waals surface area contributed by atoms with Gasteiger partial charge in [0.2, 0.25) is 0 Å². The van der Waals surface area contributed by atoms with E-state index in [1.165, 1.54) is 25.7 Å². The van der Waals surface area contributed by atoms with Gasteiger partial charge in [-0.2, -0.15) is 0 Å². The van der Waals surface area contributed by atoms with E-state index in [4.69, 9.17) is 9.47 Å². The van der Waals surface area contributed by atoms with E-state index >= 15 is 0 Å². The van der Waals surface area contributed by atoms with E-state index in [9.17, 15) is 9.90 Å². The largest absolute Gasteiger partial charge is 0.393 e. The molecule has 0 amide bonds. The van der Waals surface area contributed by atoms with Gasteiger partial charge in [-0.3, -0.25) is 4.79 Å². The van der Waals surface area contributed by atoms with Crippen LogP contribution in [0, 0.1) is 52.3 Å². The van der Waals surface area contributed by atoms with Crippen molar-refractivity contribution in [2.75, 3.05) is 13.2 Å². The Morgan fingerprint density at radius 1 is 1.03 bits per heavy atom. The van der Waals surface area contributed by atoms with Gasteiger partial charge >= 0.3 is 0 Å². The molecule has 0 bridgehead atoms. The summed E-state index contributed by atoms with van der Waals surface area (Å²) in [5.41, 5.74) is 0.490. The second kappa shape index (κ2) is 7.56. The minimum atomic E-state index is -0.248. The first-order valence-corrected chi connectivity index (χ1v) is 12.7. The number of Topliss-reactive ketones (excluding diaryl/α,β-unsaturated/α-hetero) is 1. The standard InChI is InChI=1S/C26H42O4/c1-5-17-21-14-16(27)8-10-26(21,4)20-9-11-25(3)18(15(2)24-29-12-13-30-24)6-7-19(25)22(20)23(17)28/h15,17-24,28H,5-14H2,1-4H3/t15-,17-,18+,19?,20?,21-,22?,23?,25+,26+/m0/s1. The normalized spacial score (nSPS) is 52.6. The molecular weight excluding hydrogens is 376 g/mol. The Morgan fingerprint density at radius 3 is 2.43 bits per heavy atom. The van der Waals surface area contributed by atoms with Gasteiger partial charge in [0.1, 0.15) is 5.78 Å². The van der Waals surface area contributed by atoms with Crippen LogP contribution in [0.3, 0.4) is 0 Å². The van der Waals surface area contributed by atoms with Crippen LogP contribution in [0.2, 0.25) is 0 Å². The molecule has 170 valence electrons. The number of aliphatic hydroxyl groups excluding tert-OH is 1. The Kier molecular flexibility index (Phi) is 5.39. The maximum atomic E-state index is 12.4. The summed E-state index contributed by atoms with van der Waals surface area (Å²) >= 11 is 0. The van der Waals surface area contributed by atoms with Crippen molar-refractivity contribution in [3.05, 3.63) is 0 Å². The molecule has 0 aromatic heterocycles. The minimum absolute atomic E-state index is 0.0470. The van der Waals surface area contributed by atoms with Gasteiger partial charge in [0, 0.05) is 18.8 Å². The molecule has 4 nitrogen and oxygen atoms in total. The third kappa shape index (κ3) is 2.92. The highest BCUT2D eigenvalue weighted by molar-refractivity contribution is 5.79. The van der Waals surface area contributed by atoms with Crippen molar-refractivity contribution in [2.24, 2.45) is 52.3 Å². The molecule has 4 heteroatoms. The van der Waals surface area contributed by atoms with Crippen LogP contribution < -0.4 is 0 Å². The summed E-state index contributed by atoms with van der Waals surface area (Å²) in [5.74, 6) is 3.65. The molecule has 0 aromatic carbocycles. The summed E-state index contributed by atoms with van der Waals surface area (Å²) in [6, 6.07) is 0. The van der Waals surface area contributed by atoms with E-state index in [2.05, 4.69) is 27.7 Å². The predicted molar refractivity (Wildman–Crippen MR) is 116 cm³/mol. The number of carbonyl (C=O) groups excluding carboxylic acids is 1. The predicted octanol–water partition coefficient (Wildman–Crippen LogP) is 4.83. The molecule has 5 rings (SSSR count). The van der Waals surface area contributed by atoms with Crippen LogP contribution in [-0.4, -0.2) is 36.5 Å². The molecule has 5 aliphatic rings. The number of carbonyl (C=O) groups is 1. The number of hydrogen-bond acceptors (Lipinski definition) is 4. The zero-order valence-corrected chi connectivity index (χ0v) is 19.4. The Morgan fingerprint density at radius 2 is 1.73 bits per heavy atom. The lowest BCUT2D eigenvalue weighted by molar-refractivity contribution is -0.198. The van der Waals surface area contributed by atoms with Gasteiger partial charge in [0.25, 0.3) is 0 Å². The Hall–Kier alpha value is -0.450. The molecule has 4 aliphatic carbocycles. The second-order valence-electron chi connectivity index (χ2n) is 11.9. The van der Waals surface area contributed by atoms with Gasteiger partial charge in [0.05, 0.1) is 19.3 Å². The van der Waals surface area contributed by atoms with Crippen LogP contribution in [0.4, 0.5) is 0 Å². The summed E-state index contributed by atoms with van der Waals surface area (Å²) in [4.78, 5) is 12.4. The number of fused-ring (bicyclic) bond motifs is 5. The third-order valence-electron chi connectivity index (χ3n) is 11.0. The summed E-state index contributed by atoms with van der Waals surface area (Å²) in [6.07, 6.45) is 8.11. The van der Waals surface area contributed by atoms with Gasteiger partial charge in [-0.15, -0.1) is 0 Å². The molecule has 4 saturated carbocycles. The quantitative estimate of drug-likeness (QED) is 0.713. The van der Waals surface area contributed by atoms with Crippen LogP contribution >= 0.6 is 0 Å². The van der Waals surface area contributed by atoms with Gasteiger partial charge in [-0.25, -0.2) is 0 Å². The molecule has 1 N–H and O–H groups in total. The molecule has 4 unspecified atom stereocenters. The first-order chi connectivity index (χ1) is 14.3. The molecule has 10 atom stereocenters. The van der Waals surface area contributed by atoms with E-state index in [1.807, 2.05) is 0 Å². The van der Waals surface area contributed by atoms with Crippen LogP contribution in [0.1, 0.15) is 79.1 Å². The molecule has 30 heavy (non-hydrogen) atoms. The molecular formula is C26H42O4. The van der Waals surface area contributed by atoms with Gasteiger partial charge in [-0.05, 0) is 78.4 Å². The Bertz CT molecular complexity index is 672. The van der Waals surface area contributed by atoms with Crippen molar-refractivity contribution in [2.45, 2.75) is 91.5 Å². The summed E-state index contributed by atoms with van der Waals surface area (Å²) in [5, 5.41) is 11.7. The summed E-state index contributed by atoms with van der Waals surface area (Å²) in [7, 11) is 0. The molecule has 0 radical (unpaired) electrons. The van der Waals surface area contributed by atoms with E-state index in [-0.39, 0.29) is 29.1 Å². The highest BCUT2D eigenvalue weighted by Gasteiger charge is 2.65. The Balaban J connectivity index is 1.46. The first-order valence-electron chi connectivity index (χ1n) is 12.7. The fraction of sp³-hybridized carbons (Fsp3) is 0.962. The average molecular weight is 419 g/mol. The monoisotopic (exact) mass is 418 g/mol. The van der Waals surface area contributed by atoms with Crippen molar-refractivity contribution in [3.63, 3.8) is 0 Å². The summed E-state index contributed by atoms with van der Waals surface area (Å²) < 4.78 is 11.8. The highest BCUT2D eigenvalue weighted by atomic mass is 16.7. The van der Waals surface area contributed by atoms with Crippen molar-refractivity contribution >= 4 is 5.78 Å². The van der Waals surface area contributed by atoms with Crippen LogP contribution in [-0.2, 0) is 14.3 Å². The minimum Gasteiger partial charge on any atom is -0.393 e. The fourth-order valence-electron chi connectivity index (χ4n) is 9.54. The fourth-order valence-corrected chi connectivity index (χ4v) is 9.54. The number of ether oxygens (including phenoxy) is 2. The van der Waals surface area contributed by atoms with Gasteiger partial charge in [0.15, 0.2) is 6.29 Å². The molecule has 1 heterocycles. The summed E-state index contributed by atoms with van der Waals surface area (Å²) in [6.45, 7) is 11.0. The zero-order valence-electron chi connectivity index (χ0n) is 19.4. The molecule has 5 fully saturated rings. The first kappa shape index (κ1) is 21.4. The average Bonchev–Trinajstić information content (AvgIpc) is 3.37. The van der Waals surface area contributed by atoms with Crippen molar-refractivity contribution in [1.29, 1.82) is 0 Å². The Labute approximate surface area is 182 Å². The lowest BCUT2D eigenvalue weighted by Gasteiger charge is -2.64. The smallest absolute Gasteiger partial charge is 0.160 e. The van der Waals surface area contributed by atoms with Gasteiger partial charge in [-0.1, -0.05) is 34.1 Å². The van der Waals surface area contributed by atoms with E-state index in [1.54, 1.807) is 0 Å². The van der Waals surface area contributed by atoms with Gasteiger partial charge < -0.3 is 14.6 Å². The number of rotatable bonds is 3. The SMILES string of the molecule is CC[C@@H]1C(O)C2C3CC[C@H]([C@H](C)C4OCCO4)[C@@]3(C)CCC2[C@@]2(C)CCC(=O)C[C@@H]12. The third-order valence-corrected chi connectivity index (χ3v) is 11.0. The molecule has 0 spiro atoms. The molecule has 1 saturated heterocycles. The number of aliphatic hydroxyl groups is 1. The van der Waals surface area contributed by atoms with E-state index in [0.29, 0.717) is 47.7 Å². The topological polar surface area (TPSA) is 55.8 Å². The van der Waals surface area contributed by atoms with Crippen LogP contribution in [0.15, 0.2) is 0 Å². The number of ketones is 1. The van der Waals surface area contributed by atoms with E-state index in [0.717, 1.165) is 32.5 Å². The van der Waals surface area contributed by atoms with Crippen molar-refractivity contribution in [3.8, 4) is 0 Å². The van der Waals surface area contributed by atoms with Crippen molar-refractivity contribution in [1.82, 2.24) is 0 Å². The highest BCUT2D eigenvalue weighted by Crippen LogP contribution is 2.69.